The number of aryl methyl sites for hydroxylation is 1. The molecule has 4 aromatic rings. The Balaban J connectivity index is 1.64. The average molecular weight is 534 g/mol. The number of amides is 1. The van der Waals surface area contributed by atoms with Crippen molar-refractivity contribution >= 4 is 56.7 Å². The number of aromatic nitrogens is 3. The number of imidazole rings is 1. The molecule has 0 radical (unpaired) electrons. The van der Waals surface area contributed by atoms with Crippen molar-refractivity contribution in [3.63, 3.8) is 0 Å². The van der Waals surface area contributed by atoms with Crippen LogP contribution in [0.2, 0.25) is 0 Å². The molecule has 6 nitrogen and oxygen atoms in total. The number of nitrogens with zero attached hydrogens (tertiary/aromatic N) is 2. The molecule has 9 heteroatoms. The highest BCUT2D eigenvalue weighted by Crippen LogP contribution is 2.32. The normalized spacial score (nSPS) is 10.7. The fourth-order valence-electron chi connectivity index (χ4n) is 2.47. The Hall–Kier alpha value is -2.37. The van der Waals surface area contributed by atoms with Gasteiger partial charge in [0.25, 0.3) is 5.91 Å². The van der Waals surface area contributed by atoms with Crippen LogP contribution in [-0.4, -0.2) is 20.9 Å². The number of thiazole rings is 1. The average Bonchev–Trinajstić information content (AvgIpc) is 3.35. The third kappa shape index (κ3) is 5.37. The summed E-state index contributed by atoms with van der Waals surface area (Å²) < 4.78 is 7.12. The zero-order valence-electron chi connectivity index (χ0n) is 15.2. The smallest absolute Gasteiger partial charge is 0.257 e. The Kier molecular flexibility index (Phi) is 6.16. The number of aromatic amines is 1. The molecule has 0 saturated heterocycles. The van der Waals surface area contributed by atoms with E-state index in [1.165, 1.54) is 23.1 Å². The number of anilines is 1. The highest BCUT2D eigenvalue weighted by molar-refractivity contribution is 14.1. The number of hydrogen-bond donors (Lipinski definition) is 2. The predicted molar refractivity (Wildman–Crippen MR) is 123 cm³/mol. The fraction of sp³-hybridized carbons (Fsp3) is 0.0500. The second-order valence-corrected chi connectivity index (χ2v) is 9.22. The summed E-state index contributed by atoms with van der Waals surface area (Å²) in [5.74, 6) is 1.03. The van der Waals surface area contributed by atoms with Gasteiger partial charge in [0.1, 0.15) is 11.5 Å². The molecule has 0 fully saturated rings. The topological polar surface area (TPSA) is 79.9 Å². The molecule has 2 heterocycles. The predicted octanol–water partition coefficient (Wildman–Crippen LogP) is 5.98. The number of ether oxygens (including phenoxy) is 1. The first-order valence-corrected chi connectivity index (χ1v) is 11.3. The van der Waals surface area contributed by atoms with Crippen molar-refractivity contribution in [2.45, 2.75) is 17.0 Å². The number of H-pyrrole nitrogens is 1. The van der Waals surface area contributed by atoms with Crippen LogP contribution in [0, 0.1) is 10.5 Å². The number of nitrogens with one attached hydrogen (secondary N) is 2. The van der Waals surface area contributed by atoms with Crippen LogP contribution < -0.4 is 10.1 Å². The Labute approximate surface area is 189 Å². The van der Waals surface area contributed by atoms with Gasteiger partial charge in [0.05, 0.1) is 0 Å². The van der Waals surface area contributed by atoms with Crippen LogP contribution in [0.25, 0.3) is 0 Å². The van der Waals surface area contributed by atoms with Crippen molar-refractivity contribution in [1.82, 2.24) is 15.0 Å². The van der Waals surface area contributed by atoms with E-state index in [1.54, 1.807) is 18.5 Å². The lowest BCUT2D eigenvalue weighted by Gasteiger charge is -2.10. The summed E-state index contributed by atoms with van der Waals surface area (Å²) in [7, 11) is 0. The van der Waals surface area contributed by atoms with Crippen molar-refractivity contribution < 1.29 is 9.53 Å². The van der Waals surface area contributed by atoms with Crippen LogP contribution in [0.3, 0.4) is 0 Å². The third-order valence-electron chi connectivity index (χ3n) is 3.74. The molecular weight excluding hydrogens is 519 g/mol. The Morgan fingerprint density at radius 1 is 1.17 bits per heavy atom. The van der Waals surface area contributed by atoms with E-state index in [1.807, 2.05) is 48.7 Å². The molecule has 2 N–H and O–H groups in total. The lowest BCUT2D eigenvalue weighted by molar-refractivity contribution is 0.102. The molecule has 1 amide bonds. The molecule has 0 bridgehead atoms. The zero-order chi connectivity index (χ0) is 20.2. The molecule has 0 spiro atoms. The second-order valence-electron chi connectivity index (χ2n) is 6.01. The lowest BCUT2D eigenvalue weighted by Crippen LogP contribution is -2.11. The third-order valence-corrected chi connectivity index (χ3v) is 6.02. The van der Waals surface area contributed by atoms with E-state index in [4.69, 9.17) is 4.74 Å². The quantitative estimate of drug-likeness (QED) is 0.298. The molecule has 2 aromatic heterocycles. The maximum Gasteiger partial charge on any atom is 0.257 e. The van der Waals surface area contributed by atoms with Gasteiger partial charge >= 0.3 is 0 Å². The van der Waals surface area contributed by atoms with Gasteiger partial charge in [-0.3, -0.25) is 10.1 Å². The molecule has 29 heavy (non-hydrogen) atoms. The van der Waals surface area contributed by atoms with Gasteiger partial charge in [0.2, 0.25) is 0 Å². The van der Waals surface area contributed by atoms with Crippen molar-refractivity contribution in [2.75, 3.05) is 5.32 Å². The van der Waals surface area contributed by atoms with Gasteiger partial charge in [0.15, 0.2) is 10.3 Å². The van der Waals surface area contributed by atoms with Gasteiger partial charge in [-0.1, -0.05) is 11.8 Å². The van der Waals surface area contributed by atoms with Crippen molar-refractivity contribution in [3.05, 3.63) is 75.1 Å². The summed E-state index contributed by atoms with van der Waals surface area (Å²) in [4.78, 5) is 25.2. The first-order chi connectivity index (χ1) is 14.0. The molecule has 146 valence electrons. The van der Waals surface area contributed by atoms with E-state index in [9.17, 15) is 4.79 Å². The van der Waals surface area contributed by atoms with Crippen molar-refractivity contribution in [2.24, 2.45) is 0 Å². The molecule has 0 aliphatic rings. The van der Waals surface area contributed by atoms with E-state index in [0.29, 0.717) is 22.2 Å². The number of benzene rings is 2. The Morgan fingerprint density at radius 2 is 2.00 bits per heavy atom. The van der Waals surface area contributed by atoms with Crippen LogP contribution in [0.1, 0.15) is 16.1 Å². The van der Waals surface area contributed by atoms with E-state index in [-0.39, 0.29) is 5.91 Å². The van der Waals surface area contributed by atoms with Crippen LogP contribution in [0.5, 0.6) is 11.5 Å². The second kappa shape index (κ2) is 8.97. The molecule has 2 aromatic carbocycles. The largest absolute Gasteiger partial charge is 0.457 e. The number of carbonyl (C=O) groups is 1. The van der Waals surface area contributed by atoms with E-state index < -0.39 is 0 Å². The maximum absolute atomic E-state index is 12.7. The van der Waals surface area contributed by atoms with Crippen molar-refractivity contribution in [1.29, 1.82) is 0 Å². The van der Waals surface area contributed by atoms with Crippen LogP contribution in [0.4, 0.5) is 5.13 Å². The summed E-state index contributed by atoms with van der Waals surface area (Å²) in [5, 5.41) is 5.92. The Morgan fingerprint density at radius 3 is 2.69 bits per heavy atom. The summed E-state index contributed by atoms with van der Waals surface area (Å²) in [6.45, 7) is 1.94. The van der Waals surface area contributed by atoms with E-state index in [0.717, 1.165) is 19.3 Å². The van der Waals surface area contributed by atoms with E-state index >= 15 is 0 Å². The first-order valence-electron chi connectivity index (χ1n) is 8.54. The monoisotopic (exact) mass is 534 g/mol. The van der Waals surface area contributed by atoms with Gasteiger partial charge in [-0.2, -0.15) is 0 Å². The minimum atomic E-state index is -0.245. The van der Waals surface area contributed by atoms with Crippen molar-refractivity contribution in [3.8, 4) is 11.5 Å². The summed E-state index contributed by atoms with van der Waals surface area (Å²) in [6, 6.07) is 13.2. The molecule has 0 atom stereocenters. The van der Waals surface area contributed by atoms with Crippen LogP contribution >= 0.6 is 45.7 Å². The minimum Gasteiger partial charge on any atom is -0.457 e. The van der Waals surface area contributed by atoms with E-state index in [2.05, 4.69) is 42.9 Å². The number of halogens is 1. The minimum absolute atomic E-state index is 0.245. The zero-order valence-corrected chi connectivity index (χ0v) is 19.0. The molecule has 0 aliphatic heterocycles. The van der Waals surface area contributed by atoms with Crippen LogP contribution in [0.15, 0.2) is 70.3 Å². The van der Waals surface area contributed by atoms with Gasteiger partial charge < -0.3 is 9.72 Å². The van der Waals surface area contributed by atoms with Gasteiger partial charge in [0, 0.05) is 37.5 Å². The fourth-order valence-corrected chi connectivity index (χ4v) is 4.25. The summed E-state index contributed by atoms with van der Waals surface area (Å²) >= 11 is 5.05. The van der Waals surface area contributed by atoms with Gasteiger partial charge in [-0.25, -0.2) is 9.97 Å². The maximum atomic E-state index is 12.7. The number of carbonyl (C=O) groups excluding carboxylic acids is 1. The highest BCUT2D eigenvalue weighted by atomic mass is 127. The summed E-state index contributed by atoms with van der Waals surface area (Å²) in [5.41, 5.74) is 1.45. The van der Waals surface area contributed by atoms with Crippen LogP contribution in [-0.2, 0) is 0 Å². The lowest BCUT2D eigenvalue weighted by atomic mass is 10.2. The highest BCUT2D eigenvalue weighted by Gasteiger charge is 2.13. The standard InChI is InChI=1S/C20H15IN4O2S2/c1-12-11-23-20(24-12)29-17-9-13(18(26)25-19-22-6-7-28-19)8-16(10-17)27-15-4-2-14(21)3-5-15/h2-11H,1H3,(H,23,24)(H,22,25,26). The molecule has 0 aliphatic carbocycles. The summed E-state index contributed by atoms with van der Waals surface area (Å²) in [6.07, 6.45) is 3.42. The van der Waals surface area contributed by atoms with Gasteiger partial charge in [-0.05, 0) is 72.0 Å². The number of rotatable bonds is 6. The SMILES string of the molecule is Cc1cnc(Sc2cc(Oc3ccc(I)cc3)cc(C(=O)Nc3nccs3)c2)[nH]1. The molecule has 0 unspecified atom stereocenters. The first kappa shape index (κ1) is 19.9. The molecule has 0 saturated carbocycles. The Bertz CT molecular complexity index is 1130. The van der Waals surface area contributed by atoms with Gasteiger partial charge in [-0.15, -0.1) is 11.3 Å². The number of hydrogen-bond acceptors (Lipinski definition) is 6. The molecule has 4 rings (SSSR count). The molecular formula is C20H15IN4O2S2.